The van der Waals surface area contributed by atoms with Gasteiger partial charge in [0.15, 0.2) is 6.61 Å². The van der Waals surface area contributed by atoms with Crippen molar-refractivity contribution in [1.29, 1.82) is 0 Å². The number of rotatable bonds is 6. The lowest BCUT2D eigenvalue weighted by Crippen LogP contribution is -2.22. The van der Waals surface area contributed by atoms with Gasteiger partial charge in [0, 0.05) is 17.4 Å². The monoisotopic (exact) mass is 353 g/mol. The Hall–Kier alpha value is -1.40. The van der Waals surface area contributed by atoms with Crippen molar-refractivity contribution in [1.82, 2.24) is 10.2 Å². The third kappa shape index (κ3) is 4.28. The highest BCUT2D eigenvalue weighted by Gasteiger charge is 2.13. The highest BCUT2D eigenvalue weighted by molar-refractivity contribution is 9.10. The van der Waals surface area contributed by atoms with E-state index in [4.69, 9.17) is 14.9 Å². The molecular weight excluding hydrogens is 334 g/mol. The van der Waals surface area contributed by atoms with Gasteiger partial charge in [0.2, 0.25) is 5.89 Å². The van der Waals surface area contributed by atoms with Crippen molar-refractivity contribution in [3.63, 3.8) is 0 Å². The fourth-order valence-corrected chi connectivity index (χ4v) is 2.73. The maximum atomic E-state index is 6.07. The Labute approximate surface area is 133 Å². The summed E-state index contributed by atoms with van der Waals surface area (Å²) in [5.41, 5.74) is 8.22. The molecule has 0 aliphatic carbocycles. The minimum atomic E-state index is 0.117. The van der Waals surface area contributed by atoms with Crippen LogP contribution in [-0.4, -0.2) is 16.2 Å². The van der Waals surface area contributed by atoms with Crippen molar-refractivity contribution in [3.8, 4) is 5.75 Å². The van der Waals surface area contributed by atoms with Crippen molar-refractivity contribution < 1.29 is 9.15 Å². The van der Waals surface area contributed by atoms with Gasteiger partial charge in [-0.3, -0.25) is 0 Å². The van der Waals surface area contributed by atoms with Crippen LogP contribution in [0.5, 0.6) is 5.75 Å². The summed E-state index contributed by atoms with van der Waals surface area (Å²) in [6.45, 7) is 6.11. The Morgan fingerprint density at radius 2 is 2.10 bits per heavy atom. The van der Waals surface area contributed by atoms with Crippen LogP contribution in [-0.2, 0) is 13.0 Å². The van der Waals surface area contributed by atoms with Gasteiger partial charge < -0.3 is 14.9 Å². The summed E-state index contributed by atoms with van der Waals surface area (Å²) in [6.07, 6.45) is 1.70. The normalized spacial score (nSPS) is 12.4. The lowest BCUT2D eigenvalue weighted by molar-refractivity contribution is 0.256. The molecule has 0 radical (unpaired) electrons. The van der Waals surface area contributed by atoms with Crippen molar-refractivity contribution in [2.75, 3.05) is 0 Å². The van der Waals surface area contributed by atoms with E-state index >= 15 is 0 Å². The lowest BCUT2D eigenvalue weighted by Gasteiger charge is -2.16. The predicted octanol–water partition coefficient (Wildman–Crippen LogP) is 3.31. The molecule has 0 spiro atoms. The number of benzene rings is 1. The number of aryl methyl sites for hydroxylation is 2. The van der Waals surface area contributed by atoms with Gasteiger partial charge in [-0.05, 0) is 43.0 Å². The molecule has 5 nitrogen and oxygen atoms in total. The molecule has 1 heterocycles. The van der Waals surface area contributed by atoms with E-state index in [1.54, 1.807) is 6.92 Å². The van der Waals surface area contributed by atoms with Crippen LogP contribution >= 0.6 is 15.9 Å². The second kappa shape index (κ2) is 7.04. The van der Waals surface area contributed by atoms with Crippen molar-refractivity contribution in [2.45, 2.75) is 46.3 Å². The van der Waals surface area contributed by atoms with E-state index in [2.05, 4.69) is 39.1 Å². The van der Waals surface area contributed by atoms with Crippen LogP contribution in [0.3, 0.4) is 0 Å². The predicted molar refractivity (Wildman–Crippen MR) is 84.2 cm³/mol. The summed E-state index contributed by atoms with van der Waals surface area (Å²) in [6, 6.07) is 4.19. The molecule has 0 saturated heterocycles. The molecule has 1 atom stereocenters. The average molecular weight is 354 g/mol. The van der Waals surface area contributed by atoms with Gasteiger partial charge in [-0.25, -0.2) is 0 Å². The summed E-state index contributed by atoms with van der Waals surface area (Å²) < 4.78 is 12.3. The number of aromatic nitrogens is 2. The zero-order chi connectivity index (χ0) is 15.4. The number of hydrogen-bond donors (Lipinski definition) is 1. The SMILES string of the molecule is CCC(N)Cc1cc(Br)cc(C)c1OCc1nnc(C)o1. The maximum Gasteiger partial charge on any atom is 0.253 e. The maximum absolute atomic E-state index is 6.07. The van der Waals surface area contributed by atoms with Gasteiger partial charge in [-0.1, -0.05) is 22.9 Å². The van der Waals surface area contributed by atoms with Crippen molar-refractivity contribution in [3.05, 3.63) is 39.5 Å². The molecule has 0 saturated carbocycles. The van der Waals surface area contributed by atoms with Gasteiger partial charge in [-0.15, -0.1) is 10.2 Å². The van der Waals surface area contributed by atoms with Gasteiger partial charge >= 0.3 is 0 Å². The molecule has 0 bridgehead atoms. The number of nitrogens with zero attached hydrogens (tertiary/aromatic N) is 2. The Bertz CT molecular complexity index is 613. The van der Waals surface area contributed by atoms with Crippen LogP contribution < -0.4 is 10.5 Å². The first kappa shape index (κ1) is 16.0. The second-order valence-corrected chi connectivity index (χ2v) is 6.00. The second-order valence-electron chi connectivity index (χ2n) is 5.09. The Morgan fingerprint density at radius 3 is 2.71 bits per heavy atom. The number of hydrogen-bond acceptors (Lipinski definition) is 5. The van der Waals surface area contributed by atoms with Crippen LogP contribution in [0.4, 0.5) is 0 Å². The average Bonchev–Trinajstić information content (AvgIpc) is 2.83. The van der Waals surface area contributed by atoms with Crippen molar-refractivity contribution in [2.24, 2.45) is 5.73 Å². The fourth-order valence-electron chi connectivity index (χ4n) is 2.11. The smallest absolute Gasteiger partial charge is 0.253 e. The molecule has 1 aromatic carbocycles. The van der Waals surface area contributed by atoms with E-state index in [1.807, 2.05) is 13.0 Å². The quantitative estimate of drug-likeness (QED) is 0.862. The topological polar surface area (TPSA) is 74.2 Å². The molecule has 2 N–H and O–H groups in total. The minimum Gasteiger partial charge on any atom is -0.483 e. The van der Waals surface area contributed by atoms with Crippen LogP contribution in [0.1, 0.15) is 36.3 Å². The summed E-state index contributed by atoms with van der Waals surface area (Å²) in [5, 5.41) is 7.73. The Morgan fingerprint density at radius 1 is 1.33 bits per heavy atom. The van der Waals surface area contributed by atoms with Crippen LogP contribution in [0, 0.1) is 13.8 Å². The molecule has 2 rings (SSSR count). The van der Waals surface area contributed by atoms with Crippen molar-refractivity contribution >= 4 is 15.9 Å². The largest absolute Gasteiger partial charge is 0.483 e. The van der Waals surface area contributed by atoms with Gasteiger partial charge in [0.25, 0.3) is 5.89 Å². The molecule has 0 aliphatic heterocycles. The molecule has 114 valence electrons. The molecule has 1 aromatic heterocycles. The van der Waals surface area contributed by atoms with E-state index in [9.17, 15) is 0 Å². The summed E-state index contributed by atoms with van der Waals surface area (Å²) in [7, 11) is 0. The molecule has 21 heavy (non-hydrogen) atoms. The summed E-state index contributed by atoms with van der Waals surface area (Å²) >= 11 is 3.52. The first-order chi connectivity index (χ1) is 9.99. The summed E-state index contributed by atoms with van der Waals surface area (Å²) in [4.78, 5) is 0. The molecular formula is C15H20BrN3O2. The third-order valence-corrected chi connectivity index (χ3v) is 3.69. The highest BCUT2D eigenvalue weighted by atomic mass is 79.9. The minimum absolute atomic E-state index is 0.117. The van der Waals surface area contributed by atoms with Gasteiger partial charge in [0.1, 0.15) is 5.75 Å². The molecule has 1 unspecified atom stereocenters. The van der Waals surface area contributed by atoms with E-state index < -0.39 is 0 Å². The molecule has 0 aliphatic rings. The Balaban J connectivity index is 2.19. The first-order valence-electron chi connectivity index (χ1n) is 6.96. The van der Waals surface area contributed by atoms with E-state index in [0.717, 1.165) is 34.2 Å². The number of halogens is 1. The summed E-state index contributed by atoms with van der Waals surface area (Å²) in [5.74, 6) is 1.85. The zero-order valence-corrected chi connectivity index (χ0v) is 14.1. The number of nitrogens with two attached hydrogens (primary N) is 1. The standard InChI is InChI=1S/C15H20BrN3O2/c1-4-13(17)7-11-6-12(16)5-9(2)15(11)20-8-14-19-18-10(3)21-14/h5-6,13H,4,7-8,17H2,1-3H3. The van der Waals surface area contributed by atoms with Gasteiger partial charge in [-0.2, -0.15) is 0 Å². The van der Waals surface area contributed by atoms with Crippen LogP contribution in [0.15, 0.2) is 21.0 Å². The van der Waals surface area contributed by atoms with Crippen LogP contribution in [0.2, 0.25) is 0 Å². The molecule has 0 fully saturated rings. The molecule has 6 heteroatoms. The fraction of sp³-hybridized carbons (Fsp3) is 0.467. The Kier molecular flexibility index (Phi) is 5.36. The lowest BCUT2D eigenvalue weighted by atomic mass is 10.0. The van der Waals surface area contributed by atoms with E-state index in [1.165, 1.54) is 0 Å². The number of ether oxygens (including phenoxy) is 1. The molecule has 2 aromatic rings. The highest BCUT2D eigenvalue weighted by Crippen LogP contribution is 2.30. The van der Waals surface area contributed by atoms with Gasteiger partial charge in [0.05, 0.1) is 0 Å². The zero-order valence-electron chi connectivity index (χ0n) is 12.5. The van der Waals surface area contributed by atoms with E-state index in [0.29, 0.717) is 11.8 Å². The third-order valence-electron chi connectivity index (χ3n) is 3.23. The van der Waals surface area contributed by atoms with E-state index in [-0.39, 0.29) is 12.6 Å². The first-order valence-corrected chi connectivity index (χ1v) is 7.75. The van der Waals surface area contributed by atoms with Crippen LogP contribution in [0.25, 0.3) is 0 Å². The molecule has 0 amide bonds.